The van der Waals surface area contributed by atoms with Gasteiger partial charge in [0.25, 0.3) is 5.56 Å². The van der Waals surface area contributed by atoms with Crippen molar-refractivity contribution in [2.24, 2.45) is 7.05 Å². The molecule has 6 nitrogen and oxygen atoms in total. The lowest BCUT2D eigenvalue weighted by atomic mass is 10.0. The van der Waals surface area contributed by atoms with Gasteiger partial charge in [-0.2, -0.15) is 0 Å². The van der Waals surface area contributed by atoms with Crippen LogP contribution in [-0.4, -0.2) is 15.0 Å². The van der Waals surface area contributed by atoms with Crippen LogP contribution in [0.15, 0.2) is 40.1 Å². The van der Waals surface area contributed by atoms with Crippen LogP contribution in [0.3, 0.4) is 0 Å². The van der Waals surface area contributed by atoms with Gasteiger partial charge in [0.15, 0.2) is 0 Å². The topological polar surface area (TPSA) is 73.1 Å². The number of hydrogen-bond donors (Lipinski definition) is 1. The molecule has 0 aliphatic carbocycles. The number of nitrogens with one attached hydrogen (secondary N) is 1. The Bertz CT molecular complexity index is 811. The van der Waals surface area contributed by atoms with E-state index in [1.54, 1.807) is 0 Å². The molecule has 1 aromatic heterocycles. The Hall–Kier alpha value is -2.63. The highest BCUT2D eigenvalue weighted by atomic mass is 16.2. The van der Waals surface area contributed by atoms with Crippen molar-refractivity contribution >= 4 is 11.6 Å². The average Bonchev–Trinajstić information content (AvgIpc) is 2.55. The summed E-state index contributed by atoms with van der Waals surface area (Å²) in [6.45, 7) is 3.93. The van der Waals surface area contributed by atoms with Gasteiger partial charge in [0, 0.05) is 25.0 Å². The molecule has 0 unspecified atom stereocenters. The second-order valence-electron chi connectivity index (χ2n) is 5.33. The van der Waals surface area contributed by atoms with Crippen molar-refractivity contribution in [2.45, 2.75) is 33.2 Å². The summed E-state index contributed by atoms with van der Waals surface area (Å²) in [5.74, 6) is -0.290. The SMILES string of the molecule is CCc1cccc(CC)c1NC(=O)Cn1ccc(=O)n(C)c1=O. The highest BCUT2D eigenvalue weighted by Crippen LogP contribution is 2.22. The Morgan fingerprint density at radius 2 is 1.70 bits per heavy atom. The minimum atomic E-state index is -0.507. The van der Waals surface area contributed by atoms with Crippen molar-refractivity contribution in [3.63, 3.8) is 0 Å². The van der Waals surface area contributed by atoms with Crippen molar-refractivity contribution in [2.75, 3.05) is 5.32 Å². The molecule has 0 aliphatic rings. The summed E-state index contributed by atoms with van der Waals surface area (Å²) in [5, 5.41) is 2.90. The van der Waals surface area contributed by atoms with Gasteiger partial charge < -0.3 is 5.32 Å². The second-order valence-corrected chi connectivity index (χ2v) is 5.33. The maximum atomic E-state index is 12.3. The first-order chi connectivity index (χ1) is 11.0. The normalized spacial score (nSPS) is 10.6. The molecule has 0 spiro atoms. The fourth-order valence-electron chi connectivity index (χ4n) is 2.47. The number of aromatic nitrogens is 2. The lowest BCUT2D eigenvalue weighted by Crippen LogP contribution is -2.39. The summed E-state index contributed by atoms with van der Waals surface area (Å²) in [4.78, 5) is 35.7. The molecule has 122 valence electrons. The molecular formula is C17H21N3O3. The number of carbonyl (C=O) groups is 1. The van der Waals surface area contributed by atoms with E-state index in [0.717, 1.165) is 34.2 Å². The molecule has 0 saturated carbocycles. The third-order valence-electron chi connectivity index (χ3n) is 3.84. The standard InChI is InChI=1S/C17H21N3O3/c1-4-12-7-6-8-13(5-2)16(12)18-14(21)11-20-10-9-15(22)19(3)17(20)23/h6-10H,4-5,11H2,1-3H3,(H,18,21). The van der Waals surface area contributed by atoms with E-state index in [4.69, 9.17) is 0 Å². The number of carbonyl (C=O) groups excluding carboxylic acids is 1. The molecule has 1 amide bonds. The summed E-state index contributed by atoms with van der Waals surface area (Å²) in [5.41, 5.74) is 2.04. The quantitative estimate of drug-likeness (QED) is 0.904. The van der Waals surface area contributed by atoms with Gasteiger partial charge in [0.2, 0.25) is 5.91 Å². The van der Waals surface area contributed by atoms with Crippen LogP contribution >= 0.6 is 0 Å². The first-order valence-electron chi connectivity index (χ1n) is 7.65. The summed E-state index contributed by atoms with van der Waals surface area (Å²) in [6, 6.07) is 7.21. The molecular weight excluding hydrogens is 294 g/mol. The highest BCUT2D eigenvalue weighted by molar-refractivity contribution is 5.92. The van der Waals surface area contributed by atoms with Crippen LogP contribution in [0.2, 0.25) is 0 Å². The monoisotopic (exact) mass is 315 g/mol. The Labute approximate surface area is 134 Å². The molecule has 0 atom stereocenters. The molecule has 6 heteroatoms. The molecule has 0 radical (unpaired) electrons. The molecule has 0 saturated heterocycles. The summed E-state index contributed by atoms with van der Waals surface area (Å²) < 4.78 is 2.20. The molecule has 0 aliphatic heterocycles. The number of hydrogen-bond acceptors (Lipinski definition) is 3. The number of nitrogens with zero attached hydrogens (tertiary/aromatic N) is 2. The van der Waals surface area contributed by atoms with E-state index < -0.39 is 11.2 Å². The van der Waals surface area contributed by atoms with Gasteiger partial charge in [-0.25, -0.2) is 4.79 Å². The van der Waals surface area contributed by atoms with Crippen LogP contribution in [-0.2, 0) is 31.2 Å². The van der Waals surface area contributed by atoms with E-state index in [0.29, 0.717) is 0 Å². The Morgan fingerprint density at radius 3 is 2.26 bits per heavy atom. The predicted molar refractivity (Wildman–Crippen MR) is 89.8 cm³/mol. The number of benzene rings is 1. The lowest BCUT2D eigenvalue weighted by Gasteiger charge is -2.15. The second kappa shape index (κ2) is 7.09. The van der Waals surface area contributed by atoms with Crippen molar-refractivity contribution < 1.29 is 4.79 Å². The van der Waals surface area contributed by atoms with Gasteiger partial charge in [-0.15, -0.1) is 0 Å². The maximum Gasteiger partial charge on any atom is 0.331 e. The molecule has 1 aromatic carbocycles. The van der Waals surface area contributed by atoms with Crippen LogP contribution in [0.4, 0.5) is 5.69 Å². The van der Waals surface area contributed by atoms with Crippen LogP contribution in [0.1, 0.15) is 25.0 Å². The van der Waals surface area contributed by atoms with Gasteiger partial charge >= 0.3 is 5.69 Å². The first kappa shape index (κ1) is 16.7. The highest BCUT2D eigenvalue weighted by Gasteiger charge is 2.11. The Balaban J connectivity index is 2.26. The average molecular weight is 315 g/mol. The van der Waals surface area contributed by atoms with Gasteiger partial charge in [-0.05, 0) is 24.0 Å². The van der Waals surface area contributed by atoms with Gasteiger partial charge in [-0.3, -0.25) is 18.7 Å². The number of para-hydroxylation sites is 1. The smallest absolute Gasteiger partial charge is 0.324 e. The molecule has 0 fully saturated rings. The molecule has 2 aromatic rings. The number of anilines is 1. The number of aryl methyl sites for hydroxylation is 2. The van der Waals surface area contributed by atoms with Crippen LogP contribution < -0.4 is 16.6 Å². The Morgan fingerprint density at radius 1 is 1.09 bits per heavy atom. The van der Waals surface area contributed by atoms with Crippen molar-refractivity contribution in [1.82, 2.24) is 9.13 Å². The van der Waals surface area contributed by atoms with Crippen LogP contribution in [0.25, 0.3) is 0 Å². The van der Waals surface area contributed by atoms with Crippen molar-refractivity contribution in [1.29, 1.82) is 0 Å². The first-order valence-corrected chi connectivity index (χ1v) is 7.65. The van der Waals surface area contributed by atoms with Crippen molar-refractivity contribution in [3.8, 4) is 0 Å². The minimum Gasteiger partial charge on any atom is -0.324 e. The lowest BCUT2D eigenvalue weighted by molar-refractivity contribution is -0.116. The molecule has 1 N–H and O–H groups in total. The predicted octanol–water partition coefficient (Wildman–Crippen LogP) is 1.31. The molecule has 0 bridgehead atoms. The van der Waals surface area contributed by atoms with Gasteiger partial charge in [0.05, 0.1) is 0 Å². The summed E-state index contributed by atoms with van der Waals surface area (Å²) >= 11 is 0. The van der Waals surface area contributed by atoms with E-state index in [2.05, 4.69) is 5.32 Å². The van der Waals surface area contributed by atoms with E-state index >= 15 is 0 Å². The third kappa shape index (κ3) is 3.59. The van der Waals surface area contributed by atoms with Gasteiger partial charge in [0.1, 0.15) is 6.54 Å². The summed E-state index contributed by atoms with van der Waals surface area (Å²) in [7, 11) is 1.39. The zero-order valence-electron chi connectivity index (χ0n) is 13.6. The van der Waals surface area contributed by atoms with Crippen LogP contribution in [0.5, 0.6) is 0 Å². The van der Waals surface area contributed by atoms with Crippen LogP contribution in [0, 0.1) is 0 Å². The largest absolute Gasteiger partial charge is 0.331 e. The molecule has 2 rings (SSSR count). The molecule has 23 heavy (non-hydrogen) atoms. The fraction of sp³-hybridized carbons (Fsp3) is 0.353. The fourth-order valence-corrected chi connectivity index (χ4v) is 2.47. The van der Waals surface area contributed by atoms with Gasteiger partial charge in [-0.1, -0.05) is 32.0 Å². The third-order valence-corrected chi connectivity index (χ3v) is 3.84. The zero-order valence-corrected chi connectivity index (χ0v) is 13.6. The minimum absolute atomic E-state index is 0.131. The van der Waals surface area contributed by atoms with E-state index in [1.807, 2.05) is 32.0 Å². The molecule has 1 heterocycles. The van der Waals surface area contributed by atoms with Crippen molar-refractivity contribution in [3.05, 3.63) is 62.4 Å². The summed E-state index contributed by atoms with van der Waals surface area (Å²) in [6.07, 6.45) is 2.96. The van der Waals surface area contributed by atoms with E-state index in [1.165, 1.54) is 23.9 Å². The maximum absolute atomic E-state index is 12.3. The van der Waals surface area contributed by atoms with E-state index in [9.17, 15) is 14.4 Å². The number of amides is 1. The van der Waals surface area contributed by atoms with E-state index in [-0.39, 0.29) is 12.5 Å². The Kier molecular flexibility index (Phi) is 5.16. The number of rotatable bonds is 5. The zero-order chi connectivity index (χ0) is 17.0.